The first-order valence-electron chi connectivity index (χ1n) is 6.38. The van der Waals surface area contributed by atoms with E-state index in [2.05, 4.69) is 15.0 Å². The van der Waals surface area contributed by atoms with Gasteiger partial charge in [-0.05, 0) is 19.1 Å². The Labute approximate surface area is 121 Å². The van der Waals surface area contributed by atoms with Crippen LogP contribution in [0.25, 0.3) is 0 Å². The van der Waals surface area contributed by atoms with Crippen LogP contribution in [0.3, 0.4) is 0 Å². The molecule has 1 unspecified atom stereocenters. The molecule has 0 aliphatic rings. The Kier molecular flexibility index (Phi) is 4.37. The molecule has 0 fully saturated rings. The predicted molar refractivity (Wildman–Crippen MR) is 78.4 cm³/mol. The summed E-state index contributed by atoms with van der Waals surface area (Å²) in [5.74, 6) is -0.551. The Morgan fingerprint density at radius 3 is 2.76 bits per heavy atom. The van der Waals surface area contributed by atoms with E-state index in [4.69, 9.17) is 5.73 Å². The lowest BCUT2D eigenvalue weighted by molar-refractivity contribution is 0.0602. The summed E-state index contributed by atoms with van der Waals surface area (Å²) < 4.78 is 18.4. The fraction of sp³-hybridized carbons (Fsp3) is 0.200. The van der Waals surface area contributed by atoms with Crippen LogP contribution in [-0.2, 0) is 4.74 Å². The van der Waals surface area contributed by atoms with E-state index < -0.39 is 5.97 Å². The van der Waals surface area contributed by atoms with Crippen LogP contribution in [-0.4, -0.2) is 18.1 Å². The molecule has 1 aromatic heterocycles. The van der Waals surface area contributed by atoms with Crippen molar-refractivity contribution in [3.05, 3.63) is 53.5 Å². The second kappa shape index (κ2) is 6.21. The van der Waals surface area contributed by atoms with Crippen molar-refractivity contribution in [1.29, 1.82) is 0 Å². The van der Waals surface area contributed by atoms with Gasteiger partial charge < -0.3 is 15.8 Å². The number of benzene rings is 1. The first-order valence-corrected chi connectivity index (χ1v) is 6.38. The average molecular weight is 289 g/mol. The van der Waals surface area contributed by atoms with Gasteiger partial charge in [-0.3, -0.25) is 0 Å². The van der Waals surface area contributed by atoms with Gasteiger partial charge in [0, 0.05) is 11.8 Å². The number of hydrogen-bond donors (Lipinski definition) is 2. The number of esters is 1. The molecule has 2 rings (SSSR count). The molecule has 1 heterocycles. The summed E-state index contributed by atoms with van der Waals surface area (Å²) in [7, 11) is 1.28. The largest absolute Gasteiger partial charge is 0.465 e. The maximum Gasteiger partial charge on any atom is 0.340 e. The Morgan fingerprint density at radius 2 is 2.10 bits per heavy atom. The van der Waals surface area contributed by atoms with Crippen molar-refractivity contribution in [2.24, 2.45) is 0 Å². The van der Waals surface area contributed by atoms with Crippen molar-refractivity contribution in [3.63, 3.8) is 0 Å². The molecule has 0 amide bonds. The zero-order valence-electron chi connectivity index (χ0n) is 11.8. The van der Waals surface area contributed by atoms with Crippen LogP contribution in [0.15, 0.2) is 36.5 Å². The highest BCUT2D eigenvalue weighted by Crippen LogP contribution is 2.26. The molecule has 0 saturated heterocycles. The van der Waals surface area contributed by atoms with E-state index in [1.165, 1.54) is 25.4 Å². The van der Waals surface area contributed by atoms with Crippen LogP contribution in [0.5, 0.6) is 0 Å². The summed E-state index contributed by atoms with van der Waals surface area (Å²) in [5.41, 5.74) is 6.78. The van der Waals surface area contributed by atoms with E-state index in [0.717, 1.165) is 0 Å². The van der Waals surface area contributed by atoms with E-state index in [1.54, 1.807) is 25.1 Å². The number of nitrogen functional groups attached to an aromatic ring is 1. The second-order valence-corrected chi connectivity index (χ2v) is 4.50. The highest BCUT2D eigenvalue weighted by Gasteiger charge is 2.16. The van der Waals surface area contributed by atoms with Gasteiger partial charge in [0.1, 0.15) is 5.82 Å². The van der Waals surface area contributed by atoms with Gasteiger partial charge in [0.25, 0.3) is 0 Å². The number of pyridine rings is 1. The number of anilines is 2. The lowest BCUT2D eigenvalue weighted by atomic mass is 10.1. The maximum absolute atomic E-state index is 13.7. The summed E-state index contributed by atoms with van der Waals surface area (Å²) in [6.07, 6.45) is 1.44. The van der Waals surface area contributed by atoms with Gasteiger partial charge in [-0.15, -0.1) is 0 Å². The normalized spacial score (nSPS) is 11.8. The van der Waals surface area contributed by atoms with Gasteiger partial charge in [0.15, 0.2) is 5.82 Å². The third-order valence-corrected chi connectivity index (χ3v) is 3.12. The first-order chi connectivity index (χ1) is 10.0. The summed E-state index contributed by atoms with van der Waals surface area (Å²) in [4.78, 5) is 15.7. The smallest absolute Gasteiger partial charge is 0.340 e. The number of carbonyl (C=O) groups excluding carboxylic acids is 1. The molecule has 0 saturated carbocycles. The Balaban J connectivity index is 2.28. The summed E-state index contributed by atoms with van der Waals surface area (Å²) >= 11 is 0. The monoisotopic (exact) mass is 289 g/mol. The minimum atomic E-state index is -0.545. The molecule has 1 atom stereocenters. The van der Waals surface area contributed by atoms with Crippen molar-refractivity contribution in [3.8, 4) is 0 Å². The number of nitrogens with zero attached hydrogens (tertiary/aromatic N) is 1. The predicted octanol–water partition coefficient (Wildman–Crippen LogP) is 2.76. The minimum Gasteiger partial charge on any atom is -0.465 e. The van der Waals surface area contributed by atoms with Gasteiger partial charge >= 0.3 is 5.97 Å². The Bertz CT molecular complexity index is 661. The Morgan fingerprint density at radius 1 is 1.38 bits per heavy atom. The molecule has 6 heteroatoms. The molecule has 1 aromatic carbocycles. The summed E-state index contributed by atoms with van der Waals surface area (Å²) in [6, 6.07) is 7.55. The van der Waals surface area contributed by atoms with E-state index in [1.807, 2.05) is 0 Å². The lowest BCUT2D eigenvalue weighted by Gasteiger charge is -2.17. The van der Waals surface area contributed by atoms with Crippen LogP contribution < -0.4 is 11.1 Å². The van der Waals surface area contributed by atoms with Gasteiger partial charge in [-0.25, -0.2) is 14.2 Å². The number of aromatic nitrogens is 1. The van der Waals surface area contributed by atoms with Gasteiger partial charge in [-0.2, -0.15) is 0 Å². The quantitative estimate of drug-likeness (QED) is 0.846. The van der Waals surface area contributed by atoms with Crippen LogP contribution in [0, 0.1) is 5.82 Å². The molecule has 110 valence electrons. The fourth-order valence-corrected chi connectivity index (χ4v) is 1.99. The molecular weight excluding hydrogens is 273 g/mol. The molecule has 0 bridgehead atoms. The van der Waals surface area contributed by atoms with Crippen molar-refractivity contribution < 1.29 is 13.9 Å². The summed E-state index contributed by atoms with van der Waals surface area (Å²) in [5, 5.41) is 3.00. The highest BCUT2D eigenvalue weighted by molar-refractivity contribution is 5.97. The standard InChI is InChI=1S/C15H16FN3O2/c1-9(10-5-3-4-6-12(10)16)19-14-13(17)11(7-8-18-14)15(20)21-2/h3-9H,17H2,1-2H3,(H,18,19). The molecule has 3 N–H and O–H groups in total. The van der Waals surface area contributed by atoms with E-state index in [9.17, 15) is 9.18 Å². The van der Waals surface area contributed by atoms with E-state index in [0.29, 0.717) is 11.4 Å². The molecule has 21 heavy (non-hydrogen) atoms. The minimum absolute atomic E-state index is 0.174. The summed E-state index contributed by atoms with van der Waals surface area (Å²) in [6.45, 7) is 1.78. The third kappa shape index (κ3) is 3.10. The molecule has 2 aromatic rings. The number of ether oxygens (including phenoxy) is 1. The lowest BCUT2D eigenvalue weighted by Crippen LogP contribution is -2.14. The van der Waals surface area contributed by atoms with Crippen LogP contribution in [0.4, 0.5) is 15.9 Å². The van der Waals surface area contributed by atoms with Crippen molar-refractivity contribution in [2.75, 3.05) is 18.2 Å². The van der Waals surface area contributed by atoms with Gasteiger partial charge in [-0.1, -0.05) is 18.2 Å². The number of carbonyl (C=O) groups is 1. The first kappa shape index (κ1) is 14.8. The van der Waals surface area contributed by atoms with Crippen LogP contribution >= 0.6 is 0 Å². The number of methoxy groups -OCH3 is 1. The molecule has 0 aliphatic heterocycles. The number of nitrogens with one attached hydrogen (secondary N) is 1. The van der Waals surface area contributed by atoms with Crippen LogP contribution in [0.1, 0.15) is 28.9 Å². The van der Waals surface area contributed by atoms with Gasteiger partial charge in [0.05, 0.1) is 24.4 Å². The average Bonchev–Trinajstić information content (AvgIpc) is 2.49. The fourth-order valence-electron chi connectivity index (χ4n) is 1.99. The zero-order chi connectivity index (χ0) is 15.4. The molecule has 0 radical (unpaired) electrons. The van der Waals surface area contributed by atoms with Crippen molar-refractivity contribution in [2.45, 2.75) is 13.0 Å². The molecular formula is C15H16FN3O2. The zero-order valence-corrected chi connectivity index (χ0v) is 11.8. The van der Waals surface area contributed by atoms with E-state index >= 15 is 0 Å². The SMILES string of the molecule is COC(=O)c1ccnc(NC(C)c2ccccc2F)c1N. The van der Waals surface area contributed by atoms with E-state index in [-0.39, 0.29) is 23.1 Å². The molecule has 0 spiro atoms. The Hall–Kier alpha value is -2.63. The second-order valence-electron chi connectivity index (χ2n) is 4.50. The maximum atomic E-state index is 13.7. The number of nitrogens with two attached hydrogens (primary N) is 1. The highest BCUT2D eigenvalue weighted by atomic mass is 19.1. The molecule has 5 nitrogen and oxygen atoms in total. The van der Waals surface area contributed by atoms with Crippen molar-refractivity contribution in [1.82, 2.24) is 4.98 Å². The van der Waals surface area contributed by atoms with Crippen LogP contribution in [0.2, 0.25) is 0 Å². The number of halogens is 1. The number of rotatable bonds is 4. The van der Waals surface area contributed by atoms with Crippen molar-refractivity contribution >= 4 is 17.5 Å². The molecule has 0 aliphatic carbocycles. The van der Waals surface area contributed by atoms with Gasteiger partial charge in [0.2, 0.25) is 0 Å². The number of hydrogen-bond acceptors (Lipinski definition) is 5. The topological polar surface area (TPSA) is 77.2 Å². The third-order valence-electron chi connectivity index (χ3n) is 3.12.